The number of nitrogens with one attached hydrogen (secondary N) is 2. The van der Waals surface area contributed by atoms with Gasteiger partial charge in [-0.05, 0) is 24.6 Å². The number of thioether (sulfide) groups is 1. The second-order valence-corrected chi connectivity index (χ2v) is 7.00. The third-order valence-electron chi connectivity index (χ3n) is 3.72. The lowest BCUT2D eigenvalue weighted by molar-refractivity contribution is -0.137. The molecule has 2 N–H and O–H groups in total. The van der Waals surface area contributed by atoms with Gasteiger partial charge in [-0.1, -0.05) is 30.3 Å². The number of H-pyrrole nitrogens is 1. The standard InChI is InChI=1S/C16H13ClF3N5O2S/c1-2-9-6-12(26)22-14-23-24-15(25(9)14)28-7-13(27)21-11-5-8(16(18,19)20)3-4-10(11)17/h3-6H,2,7H2,1H3,(H,21,27)(H,22,23,26). The van der Waals surface area contributed by atoms with Crippen molar-refractivity contribution in [1.82, 2.24) is 19.6 Å². The molecule has 2 heterocycles. The van der Waals surface area contributed by atoms with Crippen LogP contribution in [0.15, 0.2) is 34.2 Å². The summed E-state index contributed by atoms with van der Waals surface area (Å²) in [4.78, 5) is 26.3. The quantitative estimate of drug-likeness (QED) is 0.604. The molecular formula is C16H13ClF3N5O2S. The molecule has 0 radical (unpaired) electrons. The topological polar surface area (TPSA) is 92.2 Å². The van der Waals surface area contributed by atoms with E-state index in [9.17, 15) is 22.8 Å². The van der Waals surface area contributed by atoms with Crippen LogP contribution in [0.4, 0.5) is 18.9 Å². The van der Waals surface area contributed by atoms with Crippen molar-refractivity contribution in [1.29, 1.82) is 0 Å². The summed E-state index contributed by atoms with van der Waals surface area (Å²) in [6.45, 7) is 1.85. The van der Waals surface area contributed by atoms with Crippen LogP contribution in [0.1, 0.15) is 18.2 Å². The second-order valence-electron chi connectivity index (χ2n) is 5.65. The summed E-state index contributed by atoms with van der Waals surface area (Å²) in [5, 5.41) is 10.5. The zero-order chi connectivity index (χ0) is 20.5. The summed E-state index contributed by atoms with van der Waals surface area (Å²) >= 11 is 6.90. The molecular weight excluding hydrogens is 419 g/mol. The summed E-state index contributed by atoms with van der Waals surface area (Å²) in [5.74, 6) is -0.464. The van der Waals surface area contributed by atoms with Gasteiger partial charge in [0.2, 0.25) is 11.7 Å². The van der Waals surface area contributed by atoms with E-state index in [1.165, 1.54) is 6.07 Å². The molecule has 0 unspecified atom stereocenters. The molecule has 0 fully saturated rings. The van der Waals surface area contributed by atoms with Crippen LogP contribution in [-0.4, -0.2) is 31.2 Å². The fraction of sp³-hybridized carbons (Fsp3) is 0.250. The minimum atomic E-state index is -4.55. The number of anilines is 1. The minimum Gasteiger partial charge on any atom is -0.324 e. The number of halogens is 4. The van der Waals surface area contributed by atoms with E-state index in [1.54, 1.807) is 4.40 Å². The number of alkyl halides is 3. The lowest BCUT2D eigenvalue weighted by Crippen LogP contribution is -2.16. The van der Waals surface area contributed by atoms with E-state index in [1.807, 2.05) is 6.92 Å². The first-order valence-corrected chi connectivity index (χ1v) is 9.32. The van der Waals surface area contributed by atoms with Crippen LogP contribution in [0.25, 0.3) is 5.78 Å². The van der Waals surface area contributed by atoms with E-state index >= 15 is 0 Å². The number of nitrogens with zero attached hydrogens (tertiary/aromatic N) is 3. The number of hydrogen-bond donors (Lipinski definition) is 2. The lowest BCUT2D eigenvalue weighted by Gasteiger charge is -2.11. The zero-order valence-corrected chi connectivity index (χ0v) is 15.9. The van der Waals surface area contributed by atoms with Crippen LogP contribution in [0.2, 0.25) is 5.02 Å². The molecule has 0 bridgehead atoms. The highest BCUT2D eigenvalue weighted by Crippen LogP contribution is 2.34. The number of carbonyl (C=O) groups excluding carboxylic acids is 1. The van der Waals surface area contributed by atoms with Gasteiger partial charge < -0.3 is 5.32 Å². The maximum atomic E-state index is 12.8. The van der Waals surface area contributed by atoms with Crippen LogP contribution in [0.5, 0.6) is 0 Å². The van der Waals surface area contributed by atoms with Gasteiger partial charge >= 0.3 is 6.18 Å². The lowest BCUT2D eigenvalue weighted by atomic mass is 10.2. The molecule has 0 spiro atoms. The van der Waals surface area contributed by atoms with Crippen molar-refractivity contribution in [2.75, 3.05) is 11.1 Å². The number of amides is 1. The van der Waals surface area contributed by atoms with Crippen molar-refractivity contribution >= 4 is 40.7 Å². The van der Waals surface area contributed by atoms with Crippen LogP contribution in [-0.2, 0) is 17.4 Å². The number of aromatic amines is 1. The van der Waals surface area contributed by atoms with E-state index < -0.39 is 17.6 Å². The molecule has 1 amide bonds. The Morgan fingerprint density at radius 1 is 1.32 bits per heavy atom. The second kappa shape index (κ2) is 7.84. The summed E-state index contributed by atoms with van der Waals surface area (Å²) in [6.07, 6.45) is -4.01. The van der Waals surface area contributed by atoms with Crippen molar-refractivity contribution in [3.8, 4) is 0 Å². The van der Waals surface area contributed by atoms with Crippen molar-refractivity contribution in [3.05, 3.63) is 50.9 Å². The molecule has 0 saturated heterocycles. The average molecular weight is 432 g/mol. The number of aromatic nitrogens is 4. The van der Waals surface area contributed by atoms with Gasteiger partial charge in [-0.15, -0.1) is 10.2 Å². The Kier molecular flexibility index (Phi) is 5.66. The molecule has 1 aromatic carbocycles. The van der Waals surface area contributed by atoms with Gasteiger partial charge in [0.05, 0.1) is 22.0 Å². The van der Waals surface area contributed by atoms with Gasteiger partial charge in [0, 0.05) is 11.8 Å². The fourth-order valence-electron chi connectivity index (χ4n) is 2.44. The SMILES string of the molecule is CCc1cc(=O)[nH]c2nnc(SCC(=O)Nc3cc(C(F)(F)F)ccc3Cl)n12. The molecule has 3 aromatic rings. The van der Waals surface area contributed by atoms with Crippen LogP contribution >= 0.6 is 23.4 Å². The van der Waals surface area contributed by atoms with E-state index in [0.29, 0.717) is 17.3 Å². The molecule has 28 heavy (non-hydrogen) atoms. The van der Waals surface area contributed by atoms with Gasteiger partial charge in [-0.3, -0.25) is 19.0 Å². The Balaban J connectivity index is 1.75. The Hall–Kier alpha value is -2.53. The first kappa shape index (κ1) is 20.2. The zero-order valence-electron chi connectivity index (χ0n) is 14.3. The molecule has 148 valence electrons. The number of hydrogen-bond acceptors (Lipinski definition) is 5. The number of rotatable bonds is 5. The third kappa shape index (κ3) is 4.30. The molecule has 0 aliphatic carbocycles. The van der Waals surface area contributed by atoms with Gasteiger partial charge in [0.25, 0.3) is 5.56 Å². The predicted molar refractivity (Wildman–Crippen MR) is 98.8 cm³/mol. The number of benzene rings is 1. The summed E-state index contributed by atoms with van der Waals surface area (Å²) in [7, 11) is 0. The van der Waals surface area contributed by atoms with Crippen molar-refractivity contribution in [2.24, 2.45) is 0 Å². The van der Waals surface area contributed by atoms with Crippen LogP contribution < -0.4 is 10.9 Å². The fourth-order valence-corrected chi connectivity index (χ4v) is 3.37. The van der Waals surface area contributed by atoms with Gasteiger partial charge in [0.1, 0.15) is 0 Å². The molecule has 7 nitrogen and oxygen atoms in total. The van der Waals surface area contributed by atoms with E-state index in [2.05, 4.69) is 20.5 Å². The predicted octanol–water partition coefficient (Wildman–Crippen LogP) is 3.38. The normalized spacial score (nSPS) is 11.8. The highest BCUT2D eigenvalue weighted by molar-refractivity contribution is 7.99. The molecule has 2 aromatic heterocycles. The molecule has 0 aliphatic heterocycles. The minimum absolute atomic E-state index is 0.00915. The number of carbonyl (C=O) groups is 1. The summed E-state index contributed by atoms with van der Waals surface area (Å²) in [6, 6.07) is 4.09. The molecule has 0 aliphatic rings. The van der Waals surface area contributed by atoms with Crippen LogP contribution in [0.3, 0.4) is 0 Å². The molecule has 12 heteroatoms. The van der Waals surface area contributed by atoms with Crippen LogP contribution in [0, 0.1) is 0 Å². The number of fused-ring (bicyclic) bond motifs is 1. The highest BCUT2D eigenvalue weighted by Gasteiger charge is 2.31. The Morgan fingerprint density at radius 3 is 2.75 bits per heavy atom. The first-order chi connectivity index (χ1) is 13.2. The first-order valence-electron chi connectivity index (χ1n) is 7.95. The molecule has 0 atom stereocenters. The largest absolute Gasteiger partial charge is 0.416 e. The highest BCUT2D eigenvalue weighted by atomic mass is 35.5. The van der Waals surface area contributed by atoms with Gasteiger partial charge in [-0.2, -0.15) is 13.2 Å². The molecule has 3 rings (SSSR count). The van der Waals surface area contributed by atoms with Crippen molar-refractivity contribution < 1.29 is 18.0 Å². The van der Waals surface area contributed by atoms with Gasteiger partial charge in [0.15, 0.2) is 5.16 Å². The maximum Gasteiger partial charge on any atom is 0.416 e. The average Bonchev–Trinajstić information content (AvgIpc) is 3.03. The third-order valence-corrected chi connectivity index (χ3v) is 4.97. The summed E-state index contributed by atoms with van der Waals surface area (Å²) in [5.41, 5.74) is -0.704. The van der Waals surface area contributed by atoms with Gasteiger partial charge in [-0.25, -0.2) is 0 Å². The van der Waals surface area contributed by atoms with Crippen molar-refractivity contribution in [3.63, 3.8) is 0 Å². The Bertz CT molecular complexity index is 1100. The van der Waals surface area contributed by atoms with E-state index in [0.717, 1.165) is 30.0 Å². The van der Waals surface area contributed by atoms with Crippen molar-refractivity contribution in [2.45, 2.75) is 24.7 Å². The van der Waals surface area contributed by atoms with E-state index in [-0.39, 0.29) is 27.8 Å². The smallest absolute Gasteiger partial charge is 0.324 e. The monoisotopic (exact) mass is 431 g/mol. The Labute approximate surface area is 165 Å². The number of aryl methyl sites for hydroxylation is 1. The Morgan fingerprint density at radius 2 is 2.07 bits per heavy atom. The summed E-state index contributed by atoms with van der Waals surface area (Å²) < 4.78 is 40.1. The van der Waals surface area contributed by atoms with E-state index in [4.69, 9.17) is 11.6 Å². The molecule has 0 saturated carbocycles. The maximum absolute atomic E-state index is 12.8.